The predicted octanol–water partition coefficient (Wildman–Crippen LogP) is 2.43. The van der Waals surface area contributed by atoms with Crippen LogP contribution in [0.5, 0.6) is 0 Å². The van der Waals surface area contributed by atoms with Crippen LogP contribution in [0.4, 0.5) is 0 Å². The van der Waals surface area contributed by atoms with Crippen LogP contribution in [0.2, 0.25) is 0 Å². The second kappa shape index (κ2) is 7.93. The number of nitrogens with two attached hydrogens (primary N) is 1. The van der Waals surface area contributed by atoms with Gasteiger partial charge in [0.1, 0.15) is 0 Å². The van der Waals surface area contributed by atoms with Crippen LogP contribution >= 0.6 is 12.4 Å². The van der Waals surface area contributed by atoms with Gasteiger partial charge in [-0.3, -0.25) is 4.79 Å². The zero-order valence-corrected chi connectivity index (χ0v) is 12.1. The van der Waals surface area contributed by atoms with E-state index in [0.29, 0.717) is 0 Å². The molecule has 0 aromatic heterocycles. The molecule has 0 aromatic rings. The van der Waals surface area contributed by atoms with Gasteiger partial charge in [0.05, 0.1) is 5.92 Å². The van der Waals surface area contributed by atoms with E-state index in [9.17, 15) is 4.79 Å². The van der Waals surface area contributed by atoms with E-state index in [0.717, 1.165) is 31.8 Å². The Balaban J connectivity index is 0.00000256. The number of likely N-dealkylation sites (tertiary alicyclic amines) is 1. The number of hydrogen-bond acceptors (Lipinski definition) is 2. The number of carbonyl (C=O) groups excluding carboxylic acids is 1. The van der Waals surface area contributed by atoms with E-state index in [2.05, 4.69) is 6.92 Å². The smallest absolute Gasteiger partial charge is 0.226 e. The number of halogens is 1. The molecule has 17 heavy (non-hydrogen) atoms. The molecule has 1 amide bonds. The Hall–Kier alpha value is -0.280. The zero-order valence-electron chi connectivity index (χ0n) is 11.3. The highest BCUT2D eigenvalue weighted by molar-refractivity contribution is 5.85. The van der Waals surface area contributed by atoms with E-state index in [1.165, 1.54) is 12.8 Å². The molecule has 0 radical (unpaired) electrons. The number of hydrogen-bond donors (Lipinski definition) is 1. The van der Waals surface area contributed by atoms with Gasteiger partial charge >= 0.3 is 0 Å². The van der Waals surface area contributed by atoms with E-state index >= 15 is 0 Å². The Kier molecular flexibility index (Phi) is 7.80. The summed E-state index contributed by atoms with van der Waals surface area (Å²) in [6.07, 6.45) is 4.82. The van der Waals surface area contributed by atoms with Crippen molar-refractivity contribution in [2.45, 2.75) is 52.5 Å². The van der Waals surface area contributed by atoms with Gasteiger partial charge in [0, 0.05) is 19.1 Å². The molecule has 3 nitrogen and oxygen atoms in total. The lowest BCUT2D eigenvalue weighted by atomic mass is 9.98. The average Bonchev–Trinajstić information content (AvgIpc) is 2.51. The first-order valence-corrected chi connectivity index (χ1v) is 6.60. The van der Waals surface area contributed by atoms with Crippen molar-refractivity contribution in [1.82, 2.24) is 4.90 Å². The highest BCUT2D eigenvalue weighted by Crippen LogP contribution is 2.21. The van der Waals surface area contributed by atoms with Crippen LogP contribution in [0.3, 0.4) is 0 Å². The molecule has 1 aliphatic heterocycles. The molecule has 102 valence electrons. The standard InChI is InChI=1S/C13H26N2O.ClH/c1-4-12-6-5-8-15(9-7-12)13(16)10(2)11(3)14;/h10-12H,4-9,14H2,1-3H3;1H. The summed E-state index contributed by atoms with van der Waals surface area (Å²) in [5.74, 6) is 1.01. The second-order valence-corrected chi connectivity index (χ2v) is 5.18. The molecule has 0 spiro atoms. The van der Waals surface area contributed by atoms with Crippen LogP contribution in [0.15, 0.2) is 0 Å². The molecule has 1 heterocycles. The van der Waals surface area contributed by atoms with Gasteiger partial charge in [0.15, 0.2) is 0 Å². The first-order chi connectivity index (χ1) is 7.56. The maximum atomic E-state index is 12.1. The van der Waals surface area contributed by atoms with Crippen LogP contribution in [-0.4, -0.2) is 29.9 Å². The summed E-state index contributed by atoms with van der Waals surface area (Å²) < 4.78 is 0. The summed E-state index contributed by atoms with van der Waals surface area (Å²) in [4.78, 5) is 14.2. The number of rotatable bonds is 3. The van der Waals surface area contributed by atoms with Crippen molar-refractivity contribution in [1.29, 1.82) is 0 Å². The lowest BCUT2D eigenvalue weighted by Gasteiger charge is -2.26. The minimum atomic E-state index is -0.0438. The van der Waals surface area contributed by atoms with Crippen molar-refractivity contribution in [2.75, 3.05) is 13.1 Å². The normalized spacial score (nSPS) is 24.5. The van der Waals surface area contributed by atoms with Gasteiger partial charge in [-0.2, -0.15) is 0 Å². The van der Waals surface area contributed by atoms with Gasteiger partial charge in [-0.1, -0.05) is 20.3 Å². The third-order valence-corrected chi connectivity index (χ3v) is 3.91. The molecule has 1 saturated heterocycles. The Morgan fingerprint density at radius 2 is 2.00 bits per heavy atom. The van der Waals surface area contributed by atoms with Gasteiger partial charge in [-0.05, 0) is 32.1 Å². The molecule has 1 aliphatic rings. The molecule has 0 aromatic carbocycles. The van der Waals surface area contributed by atoms with Crippen LogP contribution < -0.4 is 5.73 Å². The summed E-state index contributed by atoms with van der Waals surface area (Å²) in [6, 6.07) is -0.0438. The Morgan fingerprint density at radius 3 is 2.53 bits per heavy atom. The molecular weight excluding hydrogens is 236 g/mol. The molecular formula is C13H27ClN2O. The van der Waals surface area contributed by atoms with E-state index in [-0.39, 0.29) is 30.3 Å². The third-order valence-electron chi connectivity index (χ3n) is 3.91. The van der Waals surface area contributed by atoms with Crippen molar-refractivity contribution in [3.05, 3.63) is 0 Å². The molecule has 3 atom stereocenters. The Morgan fingerprint density at radius 1 is 1.35 bits per heavy atom. The van der Waals surface area contributed by atoms with Gasteiger partial charge in [0.25, 0.3) is 0 Å². The maximum absolute atomic E-state index is 12.1. The van der Waals surface area contributed by atoms with Crippen molar-refractivity contribution >= 4 is 18.3 Å². The number of nitrogens with zero attached hydrogens (tertiary/aromatic N) is 1. The van der Waals surface area contributed by atoms with Crippen molar-refractivity contribution in [3.63, 3.8) is 0 Å². The monoisotopic (exact) mass is 262 g/mol. The molecule has 0 saturated carbocycles. The van der Waals surface area contributed by atoms with Gasteiger partial charge in [-0.15, -0.1) is 12.4 Å². The first kappa shape index (κ1) is 16.7. The number of carbonyl (C=O) groups is 1. The van der Waals surface area contributed by atoms with Gasteiger partial charge in [-0.25, -0.2) is 0 Å². The minimum Gasteiger partial charge on any atom is -0.342 e. The first-order valence-electron chi connectivity index (χ1n) is 6.60. The highest BCUT2D eigenvalue weighted by Gasteiger charge is 2.25. The Bertz CT molecular complexity index is 233. The fourth-order valence-electron chi connectivity index (χ4n) is 2.31. The molecule has 0 bridgehead atoms. The lowest BCUT2D eigenvalue weighted by molar-refractivity contribution is -0.135. The van der Waals surface area contributed by atoms with Crippen molar-refractivity contribution in [2.24, 2.45) is 17.6 Å². The van der Waals surface area contributed by atoms with E-state index in [1.54, 1.807) is 0 Å². The largest absolute Gasteiger partial charge is 0.342 e. The van der Waals surface area contributed by atoms with Crippen LogP contribution in [0.1, 0.15) is 46.5 Å². The topological polar surface area (TPSA) is 46.3 Å². The summed E-state index contributed by atoms with van der Waals surface area (Å²) in [5.41, 5.74) is 5.79. The zero-order chi connectivity index (χ0) is 12.1. The summed E-state index contributed by atoms with van der Waals surface area (Å²) >= 11 is 0. The van der Waals surface area contributed by atoms with Gasteiger partial charge in [0.2, 0.25) is 5.91 Å². The lowest BCUT2D eigenvalue weighted by Crippen LogP contribution is -2.42. The summed E-state index contributed by atoms with van der Waals surface area (Å²) in [7, 11) is 0. The van der Waals surface area contributed by atoms with Crippen LogP contribution in [0, 0.1) is 11.8 Å². The van der Waals surface area contributed by atoms with Crippen LogP contribution in [-0.2, 0) is 4.79 Å². The highest BCUT2D eigenvalue weighted by atomic mass is 35.5. The maximum Gasteiger partial charge on any atom is 0.226 e. The molecule has 4 heteroatoms. The number of amides is 1. The van der Waals surface area contributed by atoms with Crippen molar-refractivity contribution < 1.29 is 4.79 Å². The average molecular weight is 263 g/mol. The summed E-state index contributed by atoms with van der Waals surface area (Å²) in [5, 5.41) is 0. The fourth-order valence-corrected chi connectivity index (χ4v) is 2.31. The molecule has 3 unspecified atom stereocenters. The van der Waals surface area contributed by atoms with Gasteiger partial charge < -0.3 is 10.6 Å². The molecule has 1 fully saturated rings. The van der Waals surface area contributed by atoms with E-state index < -0.39 is 0 Å². The quantitative estimate of drug-likeness (QED) is 0.849. The fraction of sp³-hybridized carbons (Fsp3) is 0.923. The SMILES string of the molecule is CCC1CCCN(C(=O)C(C)C(C)N)CC1.Cl. The summed E-state index contributed by atoms with van der Waals surface area (Å²) in [6.45, 7) is 7.94. The van der Waals surface area contributed by atoms with Crippen molar-refractivity contribution in [3.8, 4) is 0 Å². The van der Waals surface area contributed by atoms with E-state index in [1.807, 2.05) is 18.7 Å². The third kappa shape index (κ3) is 4.84. The minimum absolute atomic E-state index is 0. The Labute approximate surface area is 112 Å². The molecule has 1 rings (SSSR count). The van der Waals surface area contributed by atoms with E-state index in [4.69, 9.17) is 5.73 Å². The predicted molar refractivity (Wildman–Crippen MR) is 74.3 cm³/mol. The van der Waals surface area contributed by atoms with Crippen LogP contribution in [0.25, 0.3) is 0 Å². The second-order valence-electron chi connectivity index (χ2n) is 5.18. The molecule has 2 N–H and O–H groups in total. The molecule has 0 aliphatic carbocycles.